The molecule has 2 aromatic rings. The third kappa shape index (κ3) is 4.73. The Balaban J connectivity index is 2.29. The molecule has 0 heterocycles. The molecule has 0 saturated heterocycles. The van der Waals surface area contributed by atoms with Crippen LogP contribution in [0.5, 0.6) is 5.75 Å². The molecule has 2 rings (SSSR count). The van der Waals surface area contributed by atoms with Gasteiger partial charge in [-0.15, -0.1) is 0 Å². The van der Waals surface area contributed by atoms with Gasteiger partial charge in [-0.05, 0) is 36.8 Å². The van der Waals surface area contributed by atoms with E-state index in [1.54, 1.807) is 25.1 Å². The molecule has 1 unspecified atom stereocenters. The van der Waals surface area contributed by atoms with E-state index < -0.39 is 28.4 Å². The van der Waals surface area contributed by atoms with E-state index in [1.165, 1.54) is 24.3 Å². The van der Waals surface area contributed by atoms with Crippen LogP contribution in [0.4, 0.5) is 8.78 Å². The second kappa shape index (κ2) is 7.37. The minimum Gasteiger partial charge on any atom is -0.433 e. The van der Waals surface area contributed by atoms with Gasteiger partial charge >= 0.3 is 6.61 Å². The highest BCUT2D eigenvalue weighted by atomic mass is 79.9. The molecular weight excluding hydrogens is 392 g/mol. The molecule has 2 aromatic carbocycles. The van der Waals surface area contributed by atoms with Crippen molar-refractivity contribution in [3.8, 4) is 5.75 Å². The summed E-state index contributed by atoms with van der Waals surface area (Å²) in [6.07, 6.45) is 0. The molecule has 0 aromatic heterocycles. The van der Waals surface area contributed by atoms with Gasteiger partial charge in [-0.1, -0.05) is 40.2 Å². The number of para-hydroxylation sites is 1. The van der Waals surface area contributed by atoms with Crippen LogP contribution in [0, 0.1) is 0 Å². The monoisotopic (exact) mass is 405 g/mol. The van der Waals surface area contributed by atoms with Crippen molar-refractivity contribution in [2.45, 2.75) is 24.5 Å². The van der Waals surface area contributed by atoms with Gasteiger partial charge in [0.1, 0.15) is 10.6 Å². The number of hydrogen-bond donors (Lipinski definition) is 1. The standard InChI is InChI=1S/C15H14BrF2NO3S/c1-10(11-5-4-6-12(16)9-11)19-23(20,21)14-8-3-2-7-13(14)22-15(17)18/h2-10,15,19H,1H3. The summed E-state index contributed by atoms with van der Waals surface area (Å²) >= 11 is 3.31. The van der Waals surface area contributed by atoms with E-state index in [0.29, 0.717) is 0 Å². The van der Waals surface area contributed by atoms with Crippen molar-refractivity contribution in [2.24, 2.45) is 0 Å². The Morgan fingerprint density at radius 1 is 1.13 bits per heavy atom. The highest BCUT2D eigenvalue weighted by Crippen LogP contribution is 2.27. The summed E-state index contributed by atoms with van der Waals surface area (Å²) in [7, 11) is -4.02. The topological polar surface area (TPSA) is 55.4 Å². The van der Waals surface area contributed by atoms with Crippen LogP contribution in [0.25, 0.3) is 0 Å². The van der Waals surface area contributed by atoms with Crippen molar-refractivity contribution in [2.75, 3.05) is 0 Å². The predicted molar refractivity (Wildman–Crippen MR) is 86.0 cm³/mol. The third-order valence-corrected chi connectivity index (χ3v) is 5.11. The average Bonchev–Trinajstić information content (AvgIpc) is 2.46. The molecule has 0 bridgehead atoms. The van der Waals surface area contributed by atoms with Crippen LogP contribution in [0.1, 0.15) is 18.5 Å². The lowest BCUT2D eigenvalue weighted by Crippen LogP contribution is -2.27. The number of rotatable bonds is 6. The highest BCUT2D eigenvalue weighted by Gasteiger charge is 2.23. The molecule has 4 nitrogen and oxygen atoms in total. The minimum atomic E-state index is -4.02. The lowest BCUT2D eigenvalue weighted by Gasteiger charge is -2.17. The smallest absolute Gasteiger partial charge is 0.387 e. The third-order valence-electron chi connectivity index (χ3n) is 3.04. The Bertz CT molecular complexity index is 784. The maximum absolute atomic E-state index is 12.5. The molecule has 23 heavy (non-hydrogen) atoms. The number of halogens is 3. The van der Waals surface area contributed by atoms with Gasteiger partial charge in [0.15, 0.2) is 0 Å². The van der Waals surface area contributed by atoms with Crippen LogP contribution in [0.15, 0.2) is 57.9 Å². The molecule has 0 aliphatic heterocycles. The number of benzene rings is 2. The zero-order chi connectivity index (χ0) is 17.0. The average molecular weight is 406 g/mol. The minimum absolute atomic E-state index is 0.331. The Kier molecular flexibility index (Phi) is 5.72. The Hall–Kier alpha value is -1.51. The first-order chi connectivity index (χ1) is 10.8. The van der Waals surface area contributed by atoms with Gasteiger partial charge in [-0.3, -0.25) is 0 Å². The lowest BCUT2D eigenvalue weighted by atomic mass is 10.1. The van der Waals surface area contributed by atoms with E-state index >= 15 is 0 Å². The van der Waals surface area contributed by atoms with Gasteiger partial charge in [0, 0.05) is 10.5 Å². The van der Waals surface area contributed by atoms with Crippen LogP contribution in [0.2, 0.25) is 0 Å². The zero-order valence-electron chi connectivity index (χ0n) is 12.0. The molecule has 0 spiro atoms. The van der Waals surface area contributed by atoms with Crippen LogP contribution in [-0.2, 0) is 10.0 Å². The van der Waals surface area contributed by atoms with Crippen LogP contribution in [-0.4, -0.2) is 15.0 Å². The quantitative estimate of drug-likeness (QED) is 0.787. The Morgan fingerprint density at radius 2 is 1.83 bits per heavy atom. The molecule has 8 heteroatoms. The molecule has 0 fully saturated rings. The second-order valence-electron chi connectivity index (χ2n) is 4.72. The van der Waals surface area contributed by atoms with E-state index in [0.717, 1.165) is 10.0 Å². The van der Waals surface area contributed by atoms with Gasteiger partial charge in [-0.25, -0.2) is 13.1 Å². The molecule has 1 atom stereocenters. The van der Waals surface area contributed by atoms with Gasteiger partial charge in [0.05, 0.1) is 0 Å². The first-order valence-electron chi connectivity index (χ1n) is 6.61. The van der Waals surface area contributed by atoms with Crippen molar-refractivity contribution < 1.29 is 21.9 Å². The van der Waals surface area contributed by atoms with E-state index in [2.05, 4.69) is 25.4 Å². The predicted octanol–water partition coefficient (Wildman–Crippen LogP) is 4.09. The first kappa shape index (κ1) is 17.8. The fourth-order valence-electron chi connectivity index (χ4n) is 2.01. The van der Waals surface area contributed by atoms with Gasteiger partial charge in [0.25, 0.3) is 0 Å². The van der Waals surface area contributed by atoms with Crippen molar-refractivity contribution in [3.63, 3.8) is 0 Å². The normalized spacial score (nSPS) is 13.1. The highest BCUT2D eigenvalue weighted by molar-refractivity contribution is 9.10. The van der Waals surface area contributed by atoms with E-state index in [1.807, 2.05) is 6.07 Å². The summed E-state index contributed by atoms with van der Waals surface area (Å²) in [6.45, 7) is -1.44. The molecular formula is C15H14BrF2NO3S. The number of nitrogens with one attached hydrogen (secondary N) is 1. The molecule has 0 radical (unpaired) electrons. The summed E-state index contributed by atoms with van der Waals surface area (Å²) in [5.74, 6) is -0.392. The molecule has 0 saturated carbocycles. The number of alkyl halides is 2. The van der Waals surface area contributed by atoms with E-state index in [-0.39, 0.29) is 4.90 Å². The van der Waals surface area contributed by atoms with Crippen molar-refractivity contribution in [1.82, 2.24) is 4.72 Å². The number of sulfonamides is 1. The first-order valence-corrected chi connectivity index (χ1v) is 8.89. The largest absolute Gasteiger partial charge is 0.433 e. The molecule has 124 valence electrons. The van der Waals surface area contributed by atoms with Gasteiger partial charge < -0.3 is 4.74 Å². The van der Waals surface area contributed by atoms with Crippen molar-refractivity contribution in [3.05, 3.63) is 58.6 Å². The van der Waals surface area contributed by atoms with Crippen LogP contribution < -0.4 is 9.46 Å². The Morgan fingerprint density at radius 3 is 2.48 bits per heavy atom. The summed E-state index contributed by atoms with van der Waals surface area (Å²) in [5.41, 5.74) is 0.732. The molecule has 0 aliphatic rings. The maximum atomic E-state index is 12.5. The van der Waals surface area contributed by atoms with Crippen LogP contribution in [0.3, 0.4) is 0 Å². The van der Waals surface area contributed by atoms with Gasteiger partial charge in [-0.2, -0.15) is 8.78 Å². The van der Waals surface area contributed by atoms with Crippen LogP contribution >= 0.6 is 15.9 Å². The zero-order valence-corrected chi connectivity index (χ0v) is 14.4. The number of hydrogen-bond acceptors (Lipinski definition) is 3. The fourth-order valence-corrected chi connectivity index (χ4v) is 3.79. The number of ether oxygens (including phenoxy) is 1. The van der Waals surface area contributed by atoms with Crippen molar-refractivity contribution in [1.29, 1.82) is 0 Å². The summed E-state index contributed by atoms with van der Waals surface area (Å²) in [6, 6.07) is 11.9. The maximum Gasteiger partial charge on any atom is 0.387 e. The van der Waals surface area contributed by atoms with E-state index in [4.69, 9.17) is 0 Å². The van der Waals surface area contributed by atoms with E-state index in [9.17, 15) is 17.2 Å². The molecule has 0 amide bonds. The molecule has 1 N–H and O–H groups in total. The Labute approximate surface area is 141 Å². The lowest BCUT2D eigenvalue weighted by molar-refractivity contribution is -0.0517. The SMILES string of the molecule is CC(NS(=O)(=O)c1ccccc1OC(F)F)c1cccc(Br)c1. The summed E-state index contributed by atoms with van der Waals surface area (Å²) in [4.78, 5) is -0.331. The second-order valence-corrected chi connectivity index (χ2v) is 7.32. The van der Waals surface area contributed by atoms with Gasteiger partial charge in [0.2, 0.25) is 10.0 Å². The fraction of sp³-hybridized carbons (Fsp3) is 0.200. The van der Waals surface area contributed by atoms with Crippen molar-refractivity contribution >= 4 is 26.0 Å². The molecule has 0 aliphatic carbocycles. The summed E-state index contributed by atoms with van der Waals surface area (Å²) in [5, 5.41) is 0. The summed E-state index contributed by atoms with van der Waals surface area (Å²) < 4.78 is 57.3.